The first-order valence-corrected chi connectivity index (χ1v) is 10.6. The molecule has 0 bridgehead atoms. The van der Waals surface area contributed by atoms with Crippen molar-refractivity contribution in [2.75, 3.05) is 39.5 Å². The van der Waals surface area contributed by atoms with Gasteiger partial charge in [-0.05, 0) is 36.6 Å². The quantitative estimate of drug-likeness (QED) is 0.508. The highest BCUT2D eigenvalue weighted by molar-refractivity contribution is 6.05. The predicted octanol–water partition coefficient (Wildman–Crippen LogP) is -1.19. The fourth-order valence-corrected chi connectivity index (χ4v) is 5.18. The average Bonchev–Trinajstić information content (AvgIpc) is 3.28. The number of nitrogens with one attached hydrogen (secondary N) is 2. The Bertz CT molecular complexity index is 787. The summed E-state index contributed by atoms with van der Waals surface area (Å²) in [7, 11) is 0. The zero-order chi connectivity index (χ0) is 19.1. The molecule has 1 aromatic carbocycles. The van der Waals surface area contributed by atoms with Crippen LogP contribution in [0.4, 0.5) is 0 Å². The second-order valence-corrected chi connectivity index (χ2v) is 8.64. The van der Waals surface area contributed by atoms with Crippen molar-refractivity contribution >= 4 is 11.8 Å². The molecule has 0 spiro atoms. The van der Waals surface area contributed by atoms with E-state index < -0.39 is 0 Å². The summed E-state index contributed by atoms with van der Waals surface area (Å²) in [5.74, 6) is 0.952. The molecule has 0 aromatic heterocycles. The molecule has 1 aromatic rings. The molecular weight excluding hydrogens is 354 g/mol. The monoisotopic (exact) mass is 383 g/mol. The van der Waals surface area contributed by atoms with Crippen LogP contribution in [0.15, 0.2) is 30.4 Å². The van der Waals surface area contributed by atoms with Gasteiger partial charge in [-0.2, -0.15) is 0 Å². The minimum Gasteiger partial charge on any atom is -0.493 e. The van der Waals surface area contributed by atoms with Crippen molar-refractivity contribution < 1.29 is 24.1 Å². The van der Waals surface area contributed by atoms with Gasteiger partial charge in [0.2, 0.25) is 11.8 Å². The Morgan fingerprint density at radius 3 is 2.36 bits per heavy atom. The number of carbonyl (C=O) groups excluding carboxylic acids is 2. The normalized spacial score (nSPS) is 31.6. The second kappa shape index (κ2) is 7.33. The van der Waals surface area contributed by atoms with Gasteiger partial charge in [-0.15, -0.1) is 0 Å². The van der Waals surface area contributed by atoms with E-state index in [1.807, 2.05) is 0 Å². The maximum Gasteiger partial charge on any atom is 0.237 e. The highest BCUT2D eigenvalue weighted by atomic mass is 16.5. The van der Waals surface area contributed by atoms with Crippen LogP contribution >= 0.6 is 0 Å². The highest BCUT2D eigenvalue weighted by Crippen LogP contribution is 2.34. The molecule has 2 N–H and O–H groups in total. The van der Waals surface area contributed by atoms with E-state index in [1.165, 1.54) is 16.0 Å². The third-order valence-electron chi connectivity index (χ3n) is 6.85. The van der Waals surface area contributed by atoms with E-state index in [2.05, 4.69) is 30.4 Å². The van der Waals surface area contributed by atoms with Gasteiger partial charge in [0.05, 0.1) is 18.4 Å². The van der Waals surface area contributed by atoms with Gasteiger partial charge in [0.25, 0.3) is 0 Å². The molecule has 1 aliphatic carbocycles. The zero-order valence-electron chi connectivity index (χ0n) is 16.3. The van der Waals surface area contributed by atoms with Gasteiger partial charge in [0.15, 0.2) is 6.67 Å². The Labute approximate surface area is 165 Å². The summed E-state index contributed by atoms with van der Waals surface area (Å²) in [6.45, 7) is 6.56. The number of hydrogen-bond donors (Lipinski definition) is 2. The van der Waals surface area contributed by atoms with Crippen LogP contribution < -0.4 is 14.5 Å². The number of hydrogen-bond acceptors (Lipinski definition) is 3. The van der Waals surface area contributed by atoms with Crippen LogP contribution in [-0.2, 0) is 22.6 Å². The molecule has 0 saturated carbocycles. The van der Waals surface area contributed by atoms with Crippen LogP contribution in [0, 0.1) is 11.8 Å². The molecule has 4 aliphatic rings. The number of ether oxygens (including phenoxy) is 1. The molecule has 28 heavy (non-hydrogen) atoms. The smallest absolute Gasteiger partial charge is 0.237 e. The number of amides is 2. The maximum atomic E-state index is 12.7. The summed E-state index contributed by atoms with van der Waals surface area (Å²) in [6.07, 6.45) is 6.58. The third-order valence-corrected chi connectivity index (χ3v) is 6.85. The van der Waals surface area contributed by atoms with Gasteiger partial charge < -0.3 is 14.5 Å². The molecule has 5 rings (SSSR count). The van der Waals surface area contributed by atoms with Crippen LogP contribution in [0.5, 0.6) is 5.75 Å². The lowest BCUT2D eigenvalue weighted by Gasteiger charge is -2.31. The van der Waals surface area contributed by atoms with E-state index in [0.717, 1.165) is 64.3 Å². The molecule has 3 aliphatic heterocycles. The van der Waals surface area contributed by atoms with Crippen molar-refractivity contribution in [2.45, 2.75) is 25.8 Å². The largest absolute Gasteiger partial charge is 0.493 e. The molecular formula is C22H29N3O3+2. The van der Waals surface area contributed by atoms with Crippen molar-refractivity contribution in [3.05, 3.63) is 41.5 Å². The molecule has 148 valence electrons. The van der Waals surface area contributed by atoms with Gasteiger partial charge >= 0.3 is 0 Å². The van der Waals surface area contributed by atoms with Crippen molar-refractivity contribution in [3.8, 4) is 5.75 Å². The van der Waals surface area contributed by atoms with Crippen LogP contribution in [-0.4, -0.2) is 56.2 Å². The number of piperazine rings is 1. The number of likely N-dealkylation sites (tertiary alicyclic amines) is 1. The van der Waals surface area contributed by atoms with Gasteiger partial charge in [0.1, 0.15) is 38.5 Å². The first-order chi connectivity index (χ1) is 13.7. The number of quaternary nitrogens is 2. The SMILES string of the molecule is O=C1[C@@H]2CC=CC[C@H]2C(=O)N1C[NH+]1CC[NH+](Cc2ccc3c(c2)CCO3)CC1. The van der Waals surface area contributed by atoms with Crippen LogP contribution in [0.2, 0.25) is 0 Å². The van der Waals surface area contributed by atoms with E-state index >= 15 is 0 Å². The van der Waals surface area contributed by atoms with E-state index in [0.29, 0.717) is 6.67 Å². The molecule has 2 atom stereocenters. The van der Waals surface area contributed by atoms with Crippen molar-refractivity contribution in [3.63, 3.8) is 0 Å². The summed E-state index contributed by atoms with van der Waals surface area (Å²) in [5, 5.41) is 0. The zero-order valence-corrected chi connectivity index (χ0v) is 16.3. The first-order valence-electron chi connectivity index (χ1n) is 10.6. The topological polar surface area (TPSA) is 55.5 Å². The minimum atomic E-state index is -0.104. The van der Waals surface area contributed by atoms with Crippen molar-refractivity contribution in [1.29, 1.82) is 0 Å². The van der Waals surface area contributed by atoms with Crippen molar-refractivity contribution in [1.82, 2.24) is 4.90 Å². The number of rotatable bonds is 4. The summed E-state index contributed by atoms with van der Waals surface area (Å²) >= 11 is 0. The van der Waals surface area contributed by atoms with Gasteiger partial charge in [-0.25, -0.2) is 4.90 Å². The minimum absolute atomic E-state index is 0.0574. The van der Waals surface area contributed by atoms with E-state index in [4.69, 9.17) is 4.74 Å². The molecule has 2 saturated heterocycles. The number of fused-ring (bicyclic) bond motifs is 2. The molecule has 6 heteroatoms. The summed E-state index contributed by atoms with van der Waals surface area (Å²) < 4.78 is 5.60. The fraction of sp³-hybridized carbons (Fsp3) is 0.545. The van der Waals surface area contributed by atoms with Crippen molar-refractivity contribution in [2.24, 2.45) is 11.8 Å². The number of carbonyl (C=O) groups is 2. The molecule has 2 fully saturated rings. The molecule has 6 nitrogen and oxygen atoms in total. The maximum absolute atomic E-state index is 12.7. The van der Waals surface area contributed by atoms with Crippen LogP contribution in [0.25, 0.3) is 0 Å². The Kier molecular flexibility index (Phi) is 4.69. The molecule has 0 unspecified atom stereocenters. The van der Waals surface area contributed by atoms with Gasteiger partial charge in [-0.3, -0.25) is 9.59 Å². The lowest BCUT2D eigenvalue weighted by Crippen LogP contribution is -3.28. The first kappa shape index (κ1) is 17.9. The predicted molar refractivity (Wildman–Crippen MR) is 103 cm³/mol. The molecule has 3 heterocycles. The Hall–Kier alpha value is -2.18. The standard InChI is InChI=1S/C22H27N3O3/c26-21-18-3-1-2-4-19(18)22(27)25(21)15-24-10-8-23(9-11-24)14-16-5-6-20-17(13-16)7-12-28-20/h1-2,5-6,13,18-19H,3-4,7-12,14-15H2/p+2/t18-,19-/m1/s1. The Morgan fingerprint density at radius 2 is 1.64 bits per heavy atom. The van der Waals surface area contributed by atoms with Crippen LogP contribution in [0.3, 0.4) is 0 Å². The fourth-order valence-electron chi connectivity index (χ4n) is 5.18. The Balaban J connectivity index is 1.14. The Morgan fingerprint density at radius 1 is 0.964 bits per heavy atom. The number of nitrogens with zero attached hydrogens (tertiary/aromatic N) is 1. The van der Waals surface area contributed by atoms with Gasteiger partial charge in [-0.1, -0.05) is 12.2 Å². The lowest BCUT2D eigenvalue weighted by molar-refractivity contribution is -1.02. The number of allylic oxidation sites excluding steroid dienone is 2. The van der Waals surface area contributed by atoms with E-state index in [-0.39, 0.29) is 23.7 Å². The van der Waals surface area contributed by atoms with Gasteiger partial charge in [0, 0.05) is 12.0 Å². The number of benzene rings is 1. The highest BCUT2D eigenvalue weighted by Gasteiger charge is 2.48. The second-order valence-electron chi connectivity index (χ2n) is 8.64. The number of imide groups is 1. The van der Waals surface area contributed by atoms with E-state index in [1.54, 1.807) is 9.80 Å². The summed E-state index contributed by atoms with van der Waals surface area (Å²) in [5.41, 5.74) is 2.72. The molecule has 2 amide bonds. The summed E-state index contributed by atoms with van der Waals surface area (Å²) in [4.78, 5) is 29.8. The van der Waals surface area contributed by atoms with E-state index in [9.17, 15) is 9.59 Å². The third kappa shape index (κ3) is 3.25. The average molecular weight is 383 g/mol. The van der Waals surface area contributed by atoms with Crippen LogP contribution in [0.1, 0.15) is 24.0 Å². The molecule has 0 radical (unpaired) electrons. The lowest BCUT2D eigenvalue weighted by atomic mass is 9.85. The summed E-state index contributed by atoms with van der Waals surface area (Å²) in [6, 6.07) is 6.59.